The fourth-order valence-corrected chi connectivity index (χ4v) is 3.45. The van der Waals surface area contributed by atoms with Gasteiger partial charge in [-0.25, -0.2) is 4.98 Å². The third-order valence-corrected chi connectivity index (χ3v) is 4.73. The maximum atomic E-state index is 12.9. The summed E-state index contributed by atoms with van der Waals surface area (Å²) in [4.78, 5) is 19.1. The standard InChI is InChI=1S/C20H16BrN3O/c21-16-5-3-6-17(13-16)23-19-12-15(8-10-22-19)20(25)24-11-9-14-4-1-2-7-18(14)24/h1-8,10,12-13H,9,11H2,(H,22,23). The van der Waals surface area contributed by atoms with Gasteiger partial charge in [-0.1, -0.05) is 40.2 Å². The molecule has 0 fully saturated rings. The average Bonchev–Trinajstić information content (AvgIpc) is 3.05. The first-order chi connectivity index (χ1) is 12.2. The number of hydrogen-bond donors (Lipinski definition) is 1. The Labute approximate surface area is 154 Å². The molecule has 0 radical (unpaired) electrons. The molecule has 0 spiro atoms. The first-order valence-corrected chi connectivity index (χ1v) is 8.88. The van der Waals surface area contributed by atoms with E-state index in [1.165, 1.54) is 5.56 Å². The molecular weight excluding hydrogens is 378 g/mol. The monoisotopic (exact) mass is 393 g/mol. The second kappa shape index (κ2) is 6.69. The van der Waals surface area contributed by atoms with E-state index < -0.39 is 0 Å². The number of hydrogen-bond acceptors (Lipinski definition) is 3. The molecule has 1 aliphatic rings. The number of benzene rings is 2. The van der Waals surface area contributed by atoms with E-state index in [1.54, 1.807) is 18.3 Å². The Hall–Kier alpha value is -2.66. The topological polar surface area (TPSA) is 45.2 Å². The predicted octanol–water partition coefficient (Wildman–Crippen LogP) is 4.79. The summed E-state index contributed by atoms with van der Waals surface area (Å²) in [5.74, 6) is 0.654. The molecule has 1 aliphatic heterocycles. The van der Waals surface area contributed by atoms with Crippen molar-refractivity contribution in [2.24, 2.45) is 0 Å². The van der Waals surface area contributed by atoms with Crippen LogP contribution in [-0.4, -0.2) is 17.4 Å². The Balaban J connectivity index is 1.58. The van der Waals surface area contributed by atoms with Gasteiger partial charge in [0, 0.05) is 34.2 Å². The zero-order chi connectivity index (χ0) is 17.2. The lowest BCUT2D eigenvalue weighted by molar-refractivity contribution is 0.0989. The molecule has 0 saturated carbocycles. The molecule has 2 aromatic carbocycles. The van der Waals surface area contributed by atoms with Crippen LogP contribution in [0.5, 0.6) is 0 Å². The van der Waals surface area contributed by atoms with Crippen LogP contribution in [0, 0.1) is 0 Å². The zero-order valence-electron chi connectivity index (χ0n) is 13.4. The number of anilines is 3. The summed E-state index contributed by atoms with van der Waals surface area (Å²) >= 11 is 3.45. The minimum Gasteiger partial charge on any atom is -0.340 e. The maximum Gasteiger partial charge on any atom is 0.258 e. The SMILES string of the molecule is O=C(c1ccnc(Nc2cccc(Br)c2)c1)N1CCc2ccccc21. The van der Waals surface area contributed by atoms with Crippen LogP contribution >= 0.6 is 15.9 Å². The molecule has 0 atom stereocenters. The number of amides is 1. The number of nitrogens with one attached hydrogen (secondary N) is 1. The van der Waals surface area contributed by atoms with E-state index in [0.717, 1.165) is 28.8 Å². The molecule has 2 heterocycles. The van der Waals surface area contributed by atoms with Crippen molar-refractivity contribution in [3.05, 3.63) is 82.5 Å². The molecular formula is C20H16BrN3O. The quantitative estimate of drug-likeness (QED) is 0.695. The summed E-state index contributed by atoms with van der Waals surface area (Å²) < 4.78 is 0.985. The van der Waals surface area contributed by atoms with Gasteiger partial charge in [-0.05, 0) is 48.4 Å². The molecule has 0 bridgehead atoms. The molecule has 4 rings (SSSR count). The van der Waals surface area contributed by atoms with Crippen molar-refractivity contribution >= 4 is 39.0 Å². The molecule has 1 N–H and O–H groups in total. The molecule has 25 heavy (non-hydrogen) atoms. The minimum absolute atomic E-state index is 0.00430. The lowest BCUT2D eigenvalue weighted by atomic mass is 10.1. The summed E-state index contributed by atoms with van der Waals surface area (Å²) in [7, 11) is 0. The van der Waals surface area contributed by atoms with Crippen LogP contribution in [0.25, 0.3) is 0 Å². The number of para-hydroxylation sites is 1. The van der Waals surface area contributed by atoms with Crippen LogP contribution in [0.2, 0.25) is 0 Å². The van der Waals surface area contributed by atoms with E-state index in [0.29, 0.717) is 11.4 Å². The summed E-state index contributed by atoms with van der Waals surface area (Å²) in [6.07, 6.45) is 2.56. The van der Waals surface area contributed by atoms with Gasteiger partial charge in [0.05, 0.1) is 0 Å². The van der Waals surface area contributed by atoms with Crippen molar-refractivity contribution in [3.8, 4) is 0 Å². The van der Waals surface area contributed by atoms with Crippen molar-refractivity contribution in [2.45, 2.75) is 6.42 Å². The molecule has 1 aromatic heterocycles. The lowest BCUT2D eigenvalue weighted by Crippen LogP contribution is -2.28. The molecule has 0 unspecified atom stereocenters. The molecule has 4 nitrogen and oxygen atoms in total. The fraction of sp³-hybridized carbons (Fsp3) is 0.100. The van der Waals surface area contributed by atoms with E-state index in [4.69, 9.17) is 0 Å². The van der Waals surface area contributed by atoms with Gasteiger partial charge >= 0.3 is 0 Å². The zero-order valence-corrected chi connectivity index (χ0v) is 15.0. The lowest BCUT2D eigenvalue weighted by Gasteiger charge is -2.17. The highest BCUT2D eigenvalue weighted by Crippen LogP contribution is 2.29. The second-order valence-corrected chi connectivity index (χ2v) is 6.82. The van der Waals surface area contributed by atoms with Crippen LogP contribution in [0.1, 0.15) is 15.9 Å². The number of fused-ring (bicyclic) bond motifs is 1. The summed E-state index contributed by atoms with van der Waals surface area (Å²) in [6.45, 7) is 0.717. The van der Waals surface area contributed by atoms with Crippen LogP contribution in [0.15, 0.2) is 71.3 Å². The van der Waals surface area contributed by atoms with Crippen molar-refractivity contribution in [1.82, 2.24) is 4.98 Å². The van der Waals surface area contributed by atoms with Gasteiger partial charge in [0.15, 0.2) is 0 Å². The molecule has 5 heteroatoms. The van der Waals surface area contributed by atoms with Crippen LogP contribution in [-0.2, 0) is 6.42 Å². The largest absolute Gasteiger partial charge is 0.340 e. The predicted molar refractivity (Wildman–Crippen MR) is 103 cm³/mol. The van der Waals surface area contributed by atoms with Crippen LogP contribution < -0.4 is 10.2 Å². The number of nitrogens with zero attached hydrogens (tertiary/aromatic N) is 2. The van der Waals surface area contributed by atoms with E-state index in [2.05, 4.69) is 32.3 Å². The molecule has 124 valence electrons. The number of rotatable bonds is 3. The van der Waals surface area contributed by atoms with E-state index in [-0.39, 0.29) is 5.91 Å². The number of carbonyl (C=O) groups is 1. The second-order valence-electron chi connectivity index (χ2n) is 5.90. The Morgan fingerprint density at radius 2 is 1.96 bits per heavy atom. The maximum absolute atomic E-state index is 12.9. The summed E-state index contributed by atoms with van der Waals surface area (Å²) in [6, 6.07) is 19.4. The van der Waals surface area contributed by atoms with Gasteiger partial charge in [-0.15, -0.1) is 0 Å². The van der Waals surface area contributed by atoms with Gasteiger partial charge in [0.25, 0.3) is 5.91 Å². The normalized spacial score (nSPS) is 12.8. The Morgan fingerprint density at radius 1 is 1.08 bits per heavy atom. The average molecular weight is 394 g/mol. The number of pyridine rings is 1. The van der Waals surface area contributed by atoms with Crippen molar-refractivity contribution < 1.29 is 4.79 Å². The Morgan fingerprint density at radius 3 is 2.84 bits per heavy atom. The van der Waals surface area contributed by atoms with Crippen molar-refractivity contribution in [1.29, 1.82) is 0 Å². The first kappa shape index (κ1) is 15.8. The van der Waals surface area contributed by atoms with Gasteiger partial charge in [0.1, 0.15) is 5.82 Å². The molecule has 3 aromatic rings. The van der Waals surface area contributed by atoms with Crippen LogP contribution in [0.3, 0.4) is 0 Å². The summed E-state index contributed by atoms with van der Waals surface area (Å²) in [5.41, 5.74) is 3.77. The van der Waals surface area contributed by atoms with Gasteiger partial charge in [-0.2, -0.15) is 0 Å². The highest BCUT2D eigenvalue weighted by Gasteiger charge is 2.25. The minimum atomic E-state index is 0.00430. The van der Waals surface area contributed by atoms with Gasteiger partial charge in [0.2, 0.25) is 0 Å². The Kier molecular flexibility index (Phi) is 4.24. The molecule has 1 amide bonds. The van der Waals surface area contributed by atoms with Gasteiger partial charge < -0.3 is 10.2 Å². The van der Waals surface area contributed by atoms with Crippen LogP contribution in [0.4, 0.5) is 17.2 Å². The highest BCUT2D eigenvalue weighted by molar-refractivity contribution is 9.10. The van der Waals surface area contributed by atoms with E-state index in [9.17, 15) is 4.79 Å². The third-order valence-electron chi connectivity index (χ3n) is 4.24. The smallest absolute Gasteiger partial charge is 0.258 e. The highest BCUT2D eigenvalue weighted by atomic mass is 79.9. The first-order valence-electron chi connectivity index (χ1n) is 8.09. The van der Waals surface area contributed by atoms with E-state index in [1.807, 2.05) is 47.4 Å². The third kappa shape index (κ3) is 3.28. The number of carbonyl (C=O) groups excluding carboxylic acids is 1. The van der Waals surface area contributed by atoms with Crippen molar-refractivity contribution in [2.75, 3.05) is 16.8 Å². The Bertz CT molecular complexity index is 941. The molecule has 0 aliphatic carbocycles. The van der Waals surface area contributed by atoms with Gasteiger partial charge in [-0.3, -0.25) is 4.79 Å². The fourth-order valence-electron chi connectivity index (χ4n) is 3.05. The van der Waals surface area contributed by atoms with Crippen molar-refractivity contribution in [3.63, 3.8) is 0 Å². The number of halogens is 1. The molecule has 0 saturated heterocycles. The summed E-state index contributed by atoms with van der Waals surface area (Å²) in [5, 5.41) is 3.24. The number of aromatic nitrogens is 1. The van der Waals surface area contributed by atoms with E-state index >= 15 is 0 Å².